The normalized spacial score (nSPS) is 15.6. The second kappa shape index (κ2) is 6.43. The van der Waals surface area contributed by atoms with Crippen LogP contribution in [0, 0.1) is 0 Å². The van der Waals surface area contributed by atoms with Crippen molar-refractivity contribution in [1.29, 1.82) is 0 Å². The van der Waals surface area contributed by atoms with Gasteiger partial charge < -0.3 is 10.0 Å². The van der Waals surface area contributed by atoms with E-state index in [0.717, 1.165) is 25.9 Å². The molecule has 1 N–H and O–H groups in total. The molecule has 3 nitrogen and oxygen atoms in total. The molecule has 0 atom stereocenters. The predicted octanol–water partition coefficient (Wildman–Crippen LogP) is 2.90. The fourth-order valence-corrected chi connectivity index (χ4v) is 1.77. The van der Waals surface area contributed by atoms with Crippen LogP contribution < -0.4 is 0 Å². The minimum absolute atomic E-state index is 0.731. The first-order chi connectivity index (χ1) is 6.80. The standard InChI is InChI=1S/C6H11NO2.C4H4S/c8-6(9)7-4-2-1-3-5-7;1-2-4-5-3-1/h1-5H2,(H,8,9);1-4H. The molecule has 0 spiro atoms. The largest absolute Gasteiger partial charge is 0.465 e. The molecule has 1 aromatic rings. The first-order valence-corrected chi connectivity index (χ1v) is 5.70. The van der Waals surface area contributed by atoms with E-state index in [9.17, 15) is 4.79 Å². The lowest BCUT2D eigenvalue weighted by Gasteiger charge is -2.22. The van der Waals surface area contributed by atoms with Crippen molar-refractivity contribution in [2.24, 2.45) is 0 Å². The number of piperidine rings is 1. The number of thiophene rings is 1. The van der Waals surface area contributed by atoms with Crippen LogP contribution in [0.4, 0.5) is 4.79 Å². The molecule has 78 valence electrons. The SMILES string of the molecule is O=C(O)N1CCCCC1.c1ccsc1. The highest BCUT2D eigenvalue weighted by atomic mass is 32.1. The molecule has 1 aliphatic rings. The number of likely N-dealkylation sites (tertiary alicyclic amines) is 1. The van der Waals surface area contributed by atoms with Gasteiger partial charge in [0.05, 0.1) is 0 Å². The third kappa shape index (κ3) is 4.28. The summed E-state index contributed by atoms with van der Waals surface area (Å²) in [6.07, 6.45) is 2.48. The van der Waals surface area contributed by atoms with Gasteiger partial charge in [0.15, 0.2) is 0 Å². The summed E-state index contributed by atoms with van der Waals surface area (Å²) in [5.74, 6) is 0. The molecule has 4 heteroatoms. The Balaban J connectivity index is 0.000000165. The summed E-state index contributed by atoms with van der Waals surface area (Å²) < 4.78 is 0. The summed E-state index contributed by atoms with van der Waals surface area (Å²) in [7, 11) is 0. The van der Waals surface area contributed by atoms with Gasteiger partial charge in [-0.25, -0.2) is 4.79 Å². The molecule has 1 aromatic heterocycles. The lowest BCUT2D eigenvalue weighted by atomic mass is 10.1. The fourth-order valence-electron chi connectivity index (χ4n) is 1.31. The molecule has 2 heterocycles. The second-order valence-electron chi connectivity index (χ2n) is 3.12. The highest BCUT2D eigenvalue weighted by molar-refractivity contribution is 7.07. The summed E-state index contributed by atoms with van der Waals surface area (Å²) in [6.45, 7) is 1.46. The summed E-state index contributed by atoms with van der Waals surface area (Å²) in [4.78, 5) is 11.8. The summed E-state index contributed by atoms with van der Waals surface area (Å²) in [6, 6.07) is 4.04. The van der Waals surface area contributed by atoms with Gasteiger partial charge in [0.2, 0.25) is 0 Å². The van der Waals surface area contributed by atoms with Crippen LogP contribution in [0.25, 0.3) is 0 Å². The van der Waals surface area contributed by atoms with E-state index in [2.05, 4.69) is 0 Å². The zero-order valence-electron chi connectivity index (χ0n) is 8.06. The highest BCUT2D eigenvalue weighted by Crippen LogP contribution is 2.07. The quantitative estimate of drug-likeness (QED) is 0.720. The topological polar surface area (TPSA) is 40.5 Å². The van der Waals surface area contributed by atoms with Crippen LogP contribution in [0.15, 0.2) is 22.9 Å². The van der Waals surface area contributed by atoms with E-state index in [1.165, 1.54) is 11.3 Å². The molecule has 1 saturated heterocycles. The van der Waals surface area contributed by atoms with Crippen LogP contribution in [0.1, 0.15) is 19.3 Å². The van der Waals surface area contributed by atoms with E-state index in [-0.39, 0.29) is 0 Å². The van der Waals surface area contributed by atoms with Crippen LogP contribution in [0.5, 0.6) is 0 Å². The molecule has 0 aromatic carbocycles. The minimum atomic E-state index is -0.769. The number of hydrogen-bond donors (Lipinski definition) is 1. The predicted molar refractivity (Wildman–Crippen MR) is 57.8 cm³/mol. The number of carbonyl (C=O) groups is 1. The van der Waals surface area contributed by atoms with Gasteiger partial charge in [-0.2, -0.15) is 11.3 Å². The monoisotopic (exact) mass is 213 g/mol. The zero-order chi connectivity index (χ0) is 10.2. The van der Waals surface area contributed by atoms with Crippen LogP contribution in [0.3, 0.4) is 0 Å². The van der Waals surface area contributed by atoms with Gasteiger partial charge in [-0.1, -0.05) is 12.1 Å². The zero-order valence-corrected chi connectivity index (χ0v) is 8.87. The van der Waals surface area contributed by atoms with Crippen molar-refractivity contribution in [3.63, 3.8) is 0 Å². The molecule has 1 amide bonds. The van der Waals surface area contributed by atoms with E-state index in [1.54, 1.807) is 11.3 Å². The average Bonchev–Trinajstić information content (AvgIpc) is 2.77. The Labute approximate surface area is 88.0 Å². The third-order valence-corrected chi connectivity index (χ3v) is 2.68. The smallest absolute Gasteiger partial charge is 0.407 e. The van der Waals surface area contributed by atoms with E-state index in [1.807, 2.05) is 22.9 Å². The van der Waals surface area contributed by atoms with Crippen LogP contribution in [0.2, 0.25) is 0 Å². The van der Waals surface area contributed by atoms with Crippen molar-refractivity contribution < 1.29 is 9.90 Å². The molecule has 0 unspecified atom stereocenters. The lowest BCUT2D eigenvalue weighted by Crippen LogP contribution is -2.34. The Morgan fingerprint density at radius 3 is 2.00 bits per heavy atom. The van der Waals surface area contributed by atoms with Crippen LogP contribution >= 0.6 is 11.3 Å². The maximum atomic E-state index is 10.3. The van der Waals surface area contributed by atoms with Gasteiger partial charge >= 0.3 is 6.09 Å². The molecule has 0 saturated carbocycles. The minimum Gasteiger partial charge on any atom is -0.465 e. The third-order valence-electron chi connectivity index (χ3n) is 2.05. The molecule has 0 bridgehead atoms. The Hall–Kier alpha value is -1.03. The summed E-state index contributed by atoms with van der Waals surface area (Å²) >= 11 is 1.71. The maximum absolute atomic E-state index is 10.3. The molecule has 2 rings (SSSR count). The Morgan fingerprint density at radius 2 is 1.71 bits per heavy atom. The molecule has 1 aliphatic heterocycles. The number of rotatable bonds is 0. The molecule has 0 aliphatic carbocycles. The number of amides is 1. The number of nitrogens with zero attached hydrogens (tertiary/aromatic N) is 1. The molecule has 1 fully saturated rings. The van der Waals surface area contributed by atoms with Crippen molar-refractivity contribution in [1.82, 2.24) is 4.90 Å². The van der Waals surface area contributed by atoms with E-state index in [4.69, 9.17) is 5.11 Å². The Morgan fingerprint density at radius 1 is 1.14 bits per heavy atom. The molecule has 14 heavy (non-hydrogen) atoms. The van der Waals surface area contributed by atoms with E-state index >= 15 is 0 Å². The summed E-state index contributed by atoms with van der Waals surface area (Å²) in [5, 5.41) is 12.5. The Kier molecular flexibility index (Phi) is 5.07. The van der Waals surface area contributed by atoms with E-state index in [0.29, 0.717) is 0 Å². The average molecular weight is 213 g/mol. The van der Waals surface area contributed by atoms with Crippen molar-refractivity contribution in [2.75, 3.05) is 13.1 Å². The second-order valence-corrected chi connectivity index (χ2v) is 3.94. The van der Waals surface area contributed by atoms with Crippen LogP contribution in [-0.2, 0) is 0 Å². The number of hydrogen-bond acceptors (Lipinski definition) is 2. The van der Waals surface area contributed by atoms with Gasteiger partial charge in [0.1, 0.15) is 0 Å². The fraction of sp³-hybridized carbons (Fsp3) is 0.500. The maximum Gasteiger partial charge on any atom is 0.407 e. The van der Waals surface area contributed by atoms with Crippen molar-refractivity contribution in [2.45, 2.75) is 19.3 Å². The van der Waals surface area contributed by atoms with Crippen LogP contribution in [-0.4, -0.2) is 29.2 Å². The molecule has 0 radical (unpaired) electrons. The first-order valence-electron chi connectivity index (χ1n) is 4.76. The molecular formula is C10H15NO2S. The molecular weight excluding hydrogens is 198 g/mol. The van der Waals surface area contributed by atoms with Gasteiger partial charge in [-0.15, -0.1) is 0 Å². The highest BCUT2D eigenvalue weighted by Gasteiger charge is 2.13. The Bertz CT molecular complexity index is 225. The van der Waals surface area contributed by atoms with Crippen molar-refractivity contribution in [3.8, 4) is 0 Å². The first kappa shape index (κ1) is 11.0. The van der Waals surface area contributed by atoms with Gasteiger partial charge in [0.25, 0.3) is 0 Å². The van der Waals surface area contributed by atoms with Gasteiger partial charge in [0, 0.05) is 13.1 Å². The summed E-state index contributed by atoms with van der Waals surface area (Å²) in [5.41, 5.74) is 0. The van der Waals surface area contributed by atoms with E-state index < -0.39 is 6.09 Å². The van der Waals surface area contributed by atoms with Crippen molar-refractivity contribution in [3.05, 3.63) is 22.9 Å². The van der Waals surface area contributed by atoms with Gasteiger partial charge in [-0.05, 0) is 30.0 Å². The van der Waals surface area contributed by atoms with Crippen molar-refractivity contribution >= 4 is 17.4 Å². The number of carboxylic acid groups (broad SMARTS) is 1. The lowest BCUT2D eigenvalue weighted by molar-refractivity contribution is 0.136. The van der Waals surface area contributed by atoms with Gasteiger partial charge in [-0.3, -0.25) is 0 Å².